The van der Waals surface area contributed by atoms with Crippen molar-refractivity contribution in [2.45, 2.75) is 33.2 Å². The summed E-state index contributed by atoms with van der Waals surface area (Å²) in [5.41, 5.74) is 1.05. The maximum absolute atomic E-state index is 12.0. The largest absolute Gasteiger partial charge is 0.466 e. The summed E-state index contributed by atoms with van der Waals surface area (Å²) >= 11 is 0. The molecule has 2 heterocycles. The molecule has 1 atom stereocenters. The van der Waals surface area contributed by atoms with Gasteiger partial charge in [0.1, 0.15) is 0 Å². The van der Waals surface area contributed by atoms with Crippen LogP contribution in [0.5, 0.6) is 0 Å². The zero-order valence-corrected chi connectivity index (χ0v) is 14.3. The molecular weight excluding hydrogens is 294 g/mol. The zero-order valence-electron chi connectivity index (χ0n) is 14.3. The van der Waals surface area contributed by atoms with E-state index < -0.39 is 0 Å². The van der Waals surface area contributed by atoms with Crippen molar-refractivity contribution in [2.24, 2.45) is 18.0 Å². The maximum Gasteiger partial charge on any atom is 0.310 e. The highest BCUT2D eigenvalue weighted by Gasteiger charge is 2.28. The van der Waals surface area contributed by atoms with Crippen molar-refractivity contribution in [1.82, 2.24) is 20.0 Å². The minimum absolute atomic E-state index is 0.0655. The Morgan fingerprint density at radius 2 is 2.35 bits per heavy atom. The zero-order chi connectivity index (χ0) is 16.7. The molecule has 1 aromatic heterocycles. The van der Waals surface area contributed by atoms with E-state index in [4.69, 9.17) is 9.73 Å². The van der Waals surface area contributed by atoms with Gasteiger partial charge < -0.3 is 15.0 Å². The molecule has 0 saturated carbocycles. The van der Waals surface area contributed by atoms with Crippen molar-refractivity contribution in [3.8, 4) is 0 Å². The van der Waals surface area contributed by atoms with E-state index in [0.29, 0.717) is 19.7 Å². The van der Waals surface area contributed by atoms with Crippen LogP contribution >= 0.6 is 0 Å². The summed E-state index contributed by atoms with van der Waals surface area (Å²) in [5, 5.41) is 7.48. The molecule has 0 amide bonds. The molecule has 1 fully saturated rings. The molecule has 0 bridgehead atoms. The average molecular weight is 321 g/mol. The van der Waals surface area contributed by atoms with Gasteiger partial charge in [-0.15, -0.1) is 0 Å². The van der Waals surface area contributed by atoms with Crippen molar-refractivity contribution in [3.05, 3.63) is 18.0 Å². The number of ether oxygens (including phenoxy) is 1. The summed E-state index contributed by atoms with van der Waals surface area (Å²) in [6.07, 6.45) is 3.63. The number of nitrogens with one attached hydrogen (secondary N) is 1. The first-order valence-electron chi connectivity index (χ1n) is 8.32. The Balaban J connectivity index is 2.04. The van der Waals surface area contributed by atoms with Crippen molar-refractivity contribution in [2.75, 3.05) is 26.2 Å². The van der Waals surface area contributed by atoms with Crippen LogP contribution in [0, 0.1) is 5.92 Å². The number of aliphatic imine (C=N–C) groups is 1. The molecule has 2 rings (SSSR count). The Kier molecular flexibility index (Phi) is 6.43. The molecule has 7 heteroatoms. The summed E-state index contributed by atoms with van der Waals surface area (Å²) in [6.45, 7) is 7.27. The SMILES string of the molecule is CCNC(=NCc1ccnn1C)N1CCCC(C(=O)OCC)C1. The fourth-order valence-corrected chi connectivity index (χ4v) is 2.76. The van der Waals surface area contributed by atoms with Crippen LogP contribution in [-0.4, -0.2) is 52.9 Å². The van der Waals surface area contributed by atoms with Crippen molar-refractivity contribution in [1.29, 1.82) is 0 Å². The van der Waals surface area contributed by atoms with Crippen LogP contribution < -0.4 is 5.32 Å². The Bertz CT molecular complexity index is 540. The lowest BCUT2D eigenvalue weighted by molar-refractivity contribution is -0.149. The normalized spacial score (nSPS) is 18.8. The Hall–Kier alpha value is -2.05. The smallest absolute Gasteiger partial charge is 0.310 e. The standard InChI is InChI=1S/C16H27N5O2/c1-4-17-16(18-11-14-8-9-19-20(14)3)21-10-6-7-13(12-21)15(22)23-5-2/h8-9,13H,4-7,10-12H2,1-3H3,(H,17,18). The number of esters is 1. The van der Waals surface area contributed by atoms with Crippen LogP contribution in [0.3, 0.4) is 0 Å². The number of carbonyl (C=O) groups is 1. The lowest BCUT2D eigenvalue weighted by Crippen LogP contribution is -2.48. The third-order valence-corrected chi connectivity index (χ3v) is 3.99. The van der Waals surface area contributed by atoms with Gasteiger partial charge in [0.15, 0.2) is 5.96 Å². The molecule has 0 aromatic carbocycles. The molecule has 0 aliphatic carbocycles. The highest BCUT2D eigenvalue weighted by molar-refractivity contribution is 5.81. The van der Waals surface area contributed by atoms with Gasteiger partial charge >= 0.3 is 5.97 Å². The van der Waals surface area contributed by atoms with Crippen LogP contribution in [0.2, 0.25) is 0 Å². The molecule has 1 unspecified atom stereocenters. The number of piperidine rings is 1. The number of guanidine groups is 1. The second kappa shape index (κ2) is 8.55. The molecule has 7 nitrogen and oxygen atoms in total. The first kappa shape index (κ1) is 17.3. The molecule has 128 valence electrons. The van der Waals surface area contributed by atoms with Gasteiger partial charge in [0.2, 0.25) is 0 Å². The van der Waals surface area contributed by atoms with Crippen LogP contribution in [0.25, 0.3) is 0 Å². The number of nitrogens with zero attached hydrogens (tertiary/aromatic N) is 4. The second-order valence-electron chi connectivity index (χ2n) is 5.65. The second-order valence-corrected chi connectivity index (χ2v) is 5.65. The molecule has 1 N–H and O–H groups in total. The van der Waals surface area contributed by atoms with Crippen molar-refractivity contribution < 1.29 is 9.53 Å². The summed E-state index contributed by atoms with van der Waals surface area (Å²) in [6, 6.07) is 1.96. The molecule has 23 heavy (non-hydrogen) atoms. The molecular formula is C16H27N5O2. The number of likely N-dealkylation sites (tertiary alicyclic amines) is 1. The van der Waals surface area contributed by atoms with Crippen LogP contribution in [-0.2, 0) is 23.1 Å². The Morgan fingerprint density at radius 1 is 1.52 bits per heavy atom. The molecule has 0 spiro atoms. The van der Waals surface area contributed by atoms with Gasteiger partial charge in [-0.1, -0.05) is 0 Å². The van der Waals surface area contributed by atoms with E-state index in [1.54, 1.807) is 6.20 Å². The predicted octanol–water partition coefficient (Wildman–Crippen LogP) is 1.16. The summed E-state index contributed by atoms with van der Waals surface area (Å²) in [7, 11) is 1.91. The fourth-order valence-electron chi connectivity index (χ4n) is 2.76. The number of rotatable bonds is 5. The first-order valence-corrected chi connectivity index (χ1v) is 8.32. The highest BCUT2D eigenvalue weighted by atomic mass is 16.5. The van der Waals surface area contributed by atoms with Gasteiger partial charge in [0.05, 0.1) is 24.8 Å². The van der Waals surface area contributed by atoms with E-state index >= 15 is 0 Å². The molecule has 1 aromatic rings. The van der Waals surface area contributed by atoms with Crippen LogP contribution in [0.15, 0.2) is 17.3 Å². The fraction of sp³-hybridized carbons (Fsp3) is 0.688. The van der Waals surface area contributed by atoms with Gasteiger partial charge in [0.25, 0.3) is 0 Å². The first-order chi connectivity index (χ1) is 11.2. The lowest BCUT2D eigenvalue weighted by atomic mass is 9.98. The maximum atomic E-state index is 12.0. The van der Waals surface area contributed by atoms with Gasteiger partial charge in [-0.25, -0.2) is 4.99 Å². The van der Waals surface area contributed by atoms with E-state index in [0.717, 1.165) is 37.6 Å². The number of hydrogen-bond donors (Lipinski definition) is 1. The molecule has 1 aliphatic rings. The van der Waals surface area contributed by atoms with Crippen molar-refractivity contribution >= 4 is 11.9 Å². The minimum Gasteiger partial charge on any atom is -0.466 e. The van der Waals surface area contributed by atoms with Gasteiger partial charge in [-0.2, -0.15) is 5.10 Å². The van der Waals surface area contributed by atoms with Crippen LogP contribution in [0.4, 0.5) is 0 Å². The highest BCUT2D eigenvalue weighted by Crippen LogP contribution is 2.18. The summed E-state index contributed by atoms with van der Waals surface area (Å²) < 4.78 is 6.99. The number of hydrogen-bond acceptors (Lipinski definition) is 4. The monoisotopic (exact) mass is 321 g/mol. The van der Waals surface area contributed by atoms with Gasteiger partial charge in [-0.05, 0) is 32.8 Å². The quantitative estimate of drug-likeness (QED) is 0.500. The van der Waals surface area contributed by atoms with E-state index in [1.165, 1.54) is 0 Å². The average Bonchev–Trinajstić information content (AvgIpc) is 2.97. The molecule has 1 aliphatic heterocycles. The Morgan fingerprint density at radius 3 is 3.00 bits per heavy atom. The number of aromatic nitrogens is 2. The van der Waals surface area contributed by atoms with Crippen LogP contribution in [0.1, 0.15) is 32.4 Å². The van der Waals surface area contributed by atoms with E-state index in [9.17, 15) is 4.79 Å². The van der Waals surface area contributed by atoms with E-state index in [1.807, 2.05) is 31.6 Å². The predicted molar refractivity (Wildman–Crippen MR) is 89.0 cm³/mol. The summed E-state index contributed by atoms with van der Waals surface area (Å²) in [5.74, 6) is 0.687. The topological polar surface area (TPSA) is 71.8 Å². The number of carbonyl (C=O) groups excluding carboxylic acids is 1. The minimum atomic E-state index is -0.0975. The third kappa shape index (κ3) is 4.71. The van der Waals surface area contributed by atoms with Gasteiger partial charge in [-0.3, -0.25) is 9.48 Å². The van der Waals surface area contributed by atoms with Gasteiger partial charge in [0, 0.05) is 32.9 Å². The van der Waals surface area contributed by atoms with E-state index in [2.05, 4.69) is 15.3 Å². The van der Waals surface area contributed by atoms with E-state index in [-0.39, 0.29) is 11.9 Å². The molecule has 1 saturated heterocycles. The molecule has 0 radical (unpaired) electrons. The Labute approximate surface area is 137 Å². The third-order valence-electron chi connectivity index (χ3n) is 3.99. The summed E-state index contributed by atoms with van der Waals surface area (Å²) in [4.78, 5) is 18.8. The number of aryl methyl sites for hydroxylation is 1. The lowest BCUT2D eigenvalue weighted by Gasteiger charge is -2.34. The van der Waals surface area contributed by atoms with Crippen molar-refractivity contribution in [3.63, 3.8) is 0 Å².